The van der Waals surface area contributed by atoms with Crippen molar-refractivity contribution >= 4 is 19.8 Å². The Labute approximate surface area is 346 Å². The third kappa shape index (κ3) is 31.2. The van der Waals surface area contributed by atoms with Crippen LogP contribution in [0, 0.1) is 11.8 Å². The van der Waals surface area contributed by atoms with Crippen LogP contribution in [0.2, 0.25) is 0 Å². The van der Waals surface area contributed by atoms with Crippen LogP contribution in [0.4, 0.5) is 0 Å². The van der Waals surface area contributed by atoms with Crippen molar-refractivity contribution in [1.29, 1.82) is 0 Å². The van der Waals surface area contributed by atoms with Crippen molar-refractivity contribution in [1.82, 2.24) is 0 Å². The van der Waals surface area contributed by atoms with Gasteiger partial charge in [0.25, 0.3) is 0 Å². The van der Waals surface area contributed by atoms with Gasteiger partial charge in [0.05, 0.1) is 24.9 Å². The zero-order valence-corrected chi connectivity index (χ0v) is 37.0. The number of phosphoric ester groups is 1. The molecule has 5 N–H and O–H groups in total. The zero-order valence-electron chi connectivity index (χ0n) is 36.1. The molecule has 0 aromatic heterocycles. The van der Waals surface area contributed by atoms with E-state index in [0.717, 1.165) is 64.2 Å². The smallest absolute Gasteiger partial charge is 0.462 e. The van der Waals surface area contributed by atoms with Crippen LogP contribution < -0.4 is 0 Å². The topological polar surface area (TPSA) is 180 Å². The first kappa shape index (κ1) is 53.7. The van der Waals surface area contributed by atoms with E-state index in [1.807, 2.05) is 6.08 Å². The summed E-state index contributed by atoms with van der Waals surface area (Å²) in [5.74, 6) is -1.29. The van der Waals surface area contributed by atoms with Gasteiger partial charge in [0, 0.05) is 25.2 Å². The fraction of sp³-hybridized carbons (Fsp3) is 0.911. The van der Waals surface area contributed by atoms with E-state index in [1.165, 1.54) is 96.3 Å². The first-order valence-electron chi connectivity index (χ1n) is 23.2. The molecule has 1 saturated carbocycles. The first-order chi connectivity index (χ1) is 27.5. The lowest BCUT2D eigenvalue weighted by Crippen LogP contribution is -2.29. The lowest BCUT2D eigenvalue weighted by molar-refractivity contribution is -0.161. The molecule has 0 spiro atoms. The van der Waals surface area contributed by atoms with Gasteiger partial charge in [-0.05, 0) is 31.6 Å². The molecular formula is C45H85O11P. The molecule has 0 aromatic rings. The average Bonchev–Trinajstić information content (AvgIpc) is 3.44. The fourth-order valence-electron chi connectivity index (χ4n) is 7.88. The summed E-state index contributed by atoms with van der Waals surface area (Å²) in [6, 6.07) is 0. The maximum atomic E-state index is 12.5. The molecule has 0 radical (unpaired) electrons. The number of carbonyl (C=O) groups excluding carboxylic acids is 2. The predicted octanol–water partition coefficient (Wildman–Crippen LogP) is 10.6. The zero-order chi connectivity index (χ0) is 42.0. The molecule has 0 heterocycles. The van der Waals surface area contributed by atoms with Gasteiger partial charge in [-0.3, -0.25) is 14.1 Å². The highest BCUT2D eigenvalue weighted by Gasteiger charge is 2.39. The molecule has 11 nitrogen and oxygen atoms in total. The van der Waals surface area contributed by atoms with E-state index in [0.29, 0.717) is 25.7 Å². The minimum Gasteiger partial charge on any atom is -0.462 e. The third-order valence-electron chi connectivity index (χ3n) is 11.4. The second-order valence-corrected chi connectivity index (χ2v) is 17.9. The summed E-state index contributed by atoms with van der Waals surface area (Å²) in [5, 5.41) is 31.3. The van der Waals surface area contributed by atoms with Gasteiger partial charge in [-0.25, -0.2) is 4.57 Å². The predicted molar refractivity (Wildman–Crippen MR) is 227 cm³/mol. The summed E-state index contributed by atoms with van der Waals surface area (Å²) < 4.78 is 26.5. The van der Waals surface area contributed by atoms with Crippen LogP contribution >= 0.6 is 7.82 Å². The largest absolute Gasteiger partial charge is 0.469 e. The number of unbranched alkanes of at least 4 members (excludes halogenated alkanes) is 23. The number of hydrogen-bond donors (Lipinski definition) is 5. The SMILES string of the molecule is CCCCCCCCCCCCCCCCCCCCCC(=O)O[C@H](COC(=O)CCCCCC[C@@H]1[C@@H](/C=C/[C@@H](O)CCCCC)[C@H](O)C[C@@H]1O)COP(=O)(O)O. The summed E-state index contributed by atoms with van der Waals surface area (Å²) in [6.45, 7) is 3.44. The van der Waals surface area contributed by atoms with E-state index in [1.54, 1.807) is 6.08 Å². The summed E-state index contributed by atoms with van der Waals surface area (Å²) in [5.41, 5.74) is 0. The summed E-state index contributed by atoms with van der Waals surface area (Å²) in [6.07, 6.45) is 32.8. The van der Waals surface area contributed by atoms with Gasteiger partial charge in [-0.15, -0.1) is 0 Å². The van der Waals surface area contributed by atoms with Crippen molar-refractivity contribution in [2.24, 2.45) is 11.8 Å². The van der Waals surface area contributed by atoms with Crippen molar-refractivity contribution in [3.63, 3.8) is 0 Å². The normalized spacial score (nSPS) is 19.6. The Hall–Kier alpha value is -1.33. The molecule has 57 heavy (non-hydrogen) atoms. The van der Waals surface area contributed by atoms with Crippen LogP contribution in [0.3, 0.4) is 0 Å². The van der Waals surface area contributed by atoms with Gasteiger partial charge in [0.2, 0.25) is 0 Å². The maximum Gasteiger partial charge on any atom is 0.469 e. The van der Waals surface area contributed by atoms with Gasteiger partial charge in [-0.1, -0.05) is 180 Å². The molecule has 0 saturated heterocycles. The number of rotatable bonds is 39. The van der Waals surface area contributed by atoms with Crippen LogP contribution in [0.15, 0.2) is 12.2 Å². The molecule has 0 aromatic carbocycles. The van der Waals surface area contributed by atoms with E-state index in [2.05, 4.69) is 18.4 Å². The maximum absolute atomic E-state index is 12.5. The number of aliphatic hydroxyl groups excluding tert-OH is 3. The van der Waals surface area contributed by atoms with E-state index >= 15 is 0 Å². The molecule has 1 aliphatic rings. The van der Waals surface area contributed by atoms with Crippen LogP contribution in [0.1, 0.15) is 213 Å². The Bertz CT molecular complexity index is 1050. The Morgan fingerprint density at radius 3 is 1.60 bits per heavy atom. The lowest BCUT2D eigenvalue weighted by Gasteiger charge is -2.21. The van der Waals surface area contributed by atoms with E-state index in [4.69, 9.17) is 19.3 Å². The highest BCUT2D eigenvalue weighted by atomic mass is 31.2. The molecule has 336 valence electrons. The summed E-state index contributed by atoms with van der Waals surface area (Å²) >= 11 is 0. The summed E-state index contributed by atoms with van der Waals surface area (Å²) in [4.78, 5) is 43.2. The van der Waals surface area contributed by atoms with Crippen molar-refractivity contribution in [3.05, 3.63) is 12.2 Å². The lowest BCUT2D eigenvalue weighted by atomic mass is 9.88. The van der Waals surface area contributed by atoms with Crippen molar-refractivity contribution in [2.45, 2.75) is 237 Å². The molecule has 1 rings (SSSR count). The van der Waals surface area contributed by atoms with Crippen molar-refractivity contribution in [3.8, 4) is 0 Å². The van der Waals surface area contributed by atoms with Gasteiger partial charge >= 0.3 is 19.8 Å². The number of carbonyl (C=O) groups is 2. The highest BCUT2D eigenvalue weighted by molar-refractivity contribution is 7.46. The number of phosphoric acid groups is 1. The second kappa shape index (κ2) is 35.4. The first-order valence-corrected chi connectivity index (χ1v) is 24.8. The number of ether oxygens (including phenoxy) is 2. The quantitative estimate of drug-likeness (QED) is 0.0172. The van der Waals surface area contributed by atoms with Crippen LogP contribution in [0.25, 0.3) is 0 Å². The third-order valence-corrected chi connectivity index (χ3v) is 11.9. The van der Waals surface area contributed by atoms with Gasteiger partial charge in [0.1, 0.15) is 6.61 Å². The minimum absolute atomic E-state index is 0.0808. The number of hydrogen-bond acceptors (Lipinski definition) is 9. The standard InChI is InChI=1S/C45H85O11P/c1-3-5-7-8-9-10-11-12-13-14-15-16-17-18-19-20-21-22-28-32-45(50)56-39(37-55-57(51,52)53)36-54-44(49)31-27-24-23-26-30-40-41(43(48)35-42(40)47)34-33-38(46)29-25-6-4-2/h33-34,38-43,46-48H,3-32,35-37H2,1-2H3,(H2,51,52,53)/b34-33+/t38-,39+,40+,41+,42-,43+/m0/s1. The van der Waals surface area contributed by atoms with Crippen LogP contribution in [-0.2, 0) is 28.2 Å². The molecule has 0 aliphatic heterocycles. The molecule has 0 amide bonds. The average molecular weight is 833 g/mol. The molecule has 12 heteroatoms. The van der Waals surface area contributed by atoms with Crippen molar-refractivity contribution in [2.75, 3.05) is 13.2 Å². The van der Waals surface area contributed by atoms with Gasteiger partial charge in [0.15, 0.2) is 6.10 Å². The molecule has 1 aliphatic carbocycles. The summed E-state index contributed by atoms with van der Waals surface area (Å²) in [7, 11) is -4.81. The van der Waals surface area contributed by atoms with Crippen molar-refractivity contribution < 1.29 is 53.3 Å². The van der Waals surface area contributed by atoms with Crippen LogP contribution in [0.5, 0.6) is 0 Å². The Kier molecular flexibility index (Phi) is 33.4. The van der Waals surface area contributed by atoms with E-state index in [9.17, 15) is 29.5 Å². The van der Waals surface area contributed by atoms with Gasteiger partial charge in [-0.2, -0.15) is 0 Å². The second-order valence-electron chi connectivity index (χ2n) is 16.7. The van der Waals surface area contributed by atoms with E-state index in [-0.39, 0.29) is 31.3 Å². The fourth-order valence-corrected chi connectivity index (χ4v) is 8.24. The van der Waals surface area contributed by atoms with Crippen LogP contribution in [-0.4, -0.2) is 74.7 Å². The molecule has 6 atom stereocenters. The number of aliphatic hydroxyl groups is 3. The Balaban J connectivity index is 2.18. The Morgan fingerprint density at radius 1 is 0.632 bits per heavy atom. The molecular weight excluding hydrogens is 747 g/mol. The molecule has 1 fully saturated rings. The molecule has 0 unspecified atom stereocenters. The highest BCUT2D eigenvalue weighted by Crippen LogP contribution is 2.38. The van der Waals surface area contributed by atoms with E-state index < -0.39 is 50.8 Å². The minimum atomic E-state index is -4.81. The van der Waals surface area contributed by atoms with Gasteiger partial charge < -0.3 is 34.6 Å². The number of esters is 2. The Morgan fingerprint density at radius 2 is 1.09 bits per heavy atom. The monoisotopic (exact) mass is 833 g/mol. The molecule has 0 bridgehead atoms.